The second kappa shape index (κ2) is 5.78. The van der Waals surface area contributed by atoms with Crippen LogP contribution < -0.4 is 5.32 Å². The molecule has 2 N–H and O–H groups in total. The maximum absolute atomic E-state index is 12.0. The average molecular weight is 386 g/mol. The Morgan fingerprint density at radius 1 is 1.24 bits per heavy atom. The van der Waals surface area contributed by atoms with Crippen molar-refractivity contribution >= 4 is 35.3 Å². The number of alkyl carbamates (subject to hydrolysis) is 1. The van der Waals surface area contributed by atoms with E-state index in [0.717, 1.165) is 5.56 Å². The first-order valence-electron chi connectivity index (χ1n) is 8.15. The number of halogens is 2. The molecule has 25 heavy (non-hydrogen) atoms. The number of carbonyl (C=O) groups excluding carboxylic acids is 1. The van der Waals surface area contributed by atoms with Gasteiger partial charge in [-0.3, -0.25) is 0 Å². The number of carboxylic acid groups (broad SMARTS) is 1. The van der Waals surface area contributed by atoms with Crippen LogP contribution in [-0.2, 0) is 14.9 Å². The predicted octanol–water partition coefficient (Wildman–Crippen LogP) is 4.39. The Balaban J connectivity index is 1.72. The number of hydrogen-bond acceptors (Lipinski definition) is 3. The highest BCUT2D eigenvalue weighted by Gasteiger charge is 2.73. The molecule has 0 aliphatic heterocycles. The van der Waals surface area contributed by atoms with Crippen LogP contribution in [0, 0.1) is 5.41 Å². The number of carboxylic acids is 1. The first kappa shape index (κ1) is 18.3. The molecule has 1 amide bonds. The van der Waals surface area contributed by atoms with Gasteiger partial charge >= 0.3 is 12.1 Å². The van der Waals surface area contributed by atoms with Crippen LogP contribution in [0.1, 0.15) is 45.6 Å². The molecule has 0 spiro atoms. The minimum absolute atomic E-state index is 0.134. The van der Waals surface area contributed by atoms with E-state index in [1.165, 1.54) is 0 Å². The van der Waals surface area contributed by atoms with Gasteiger partial charge in [0.25, 0.3) is 0 Å². The molecule has 0 aromatic heterocycles. The number of benzene rings is 1. The molecule has 3 fully saturated rings. The van der Waals surface area contributed by atoms with Crippen LogP contribution in [-0.4, -0.2) is 28.8 Å². The van der Waals surface area contributed by atoms with E-state index in [0.29, 0.717) is 29.3 Å². The minimum Gasteiger partial charge on any atom is -0.480 e. The van der Waals surface area contributed by atoms with Gasteiger partial charge in [-0.05, 0) is 57.1 Å². The van der Waals surface area contributed by atoms with Crippen molar-refractivity contribution in [2.75, 3.05) is 0 Å². The third-order valence-electron chi connectivity index (χ3n) is 5.11. The Morgan fingerprint density at radius 2 is 1.84 bits per heavy atom. The standard InChI is InChI=1S/C18H21Cl2NO4/c1-16(2,3)25-15(24)21-13(14(22)23)18-7-17(8-18,9-18)10-5-4-6-11(19)12(10)20/h4-6,13H,7-9H2,1-3H3,(H,21,24)(H,22,23). The summed E-state index contributed by atoms with van der Waals surface area (Å²) in [4.78, 5) is 23.7. The van der Waals surface area contributed by atoms with E-state index in [1.54, 1.807) is 26.8 Å². The maximum atomic E-state index is 12.0. The molecule has 1 aromatic rings. The molecule has 1 unspecified atom stereocenters. The van der Waals surface area contributed by atoms with E-state index in [9.17, 15) is 14.7 Å². The molecule has 4 rings (SSSR count). The summed E-state index contributed by atoms with van der Waals surface area (Å²) in [5.41, 5.74) is -0.299. The quantitative estimate of drug-likeness (QED) is 0.805. The Hall–Kier alpha value is -1.46. The molecular weight excluding hydrogens is 365 g/mol. The van der Waals surface area contributed by atoms with Gasteiger partial charge in [0.1, 0.15) is 11.6 Å². The zero-order valence-corrected chi connectivity index (χ0v) is 15.9. The molecule has 136 valence electrons. The summed E-state index contributed by atoms with van der Waals surface area (Å²) in [7, 11) is 0. The molecular formula is C18H21Cl2NO4. The van der Waals surface area contributed by atoms with Crippen LogP contribution in [0.25, 0.3) is 0 Å². The highest BCUT2D eigenvalue weighted by atomic mass is 35.5. The van der Waals surface area contributed by atoms with Gasteiger partial charge in [0, 0.05) is 5.41 Å². The average Bonchev–Trinajstić information content (AvgIpc) is 2.37. The van der Waals surface area contributed by atoms with Gasteiger partial charge in [-0.25, -0.2) is 9.59 Å². The van der Waals surface area contributed by atoms with E-state index in [1.807, 2.05) is 12.1 Å². The SMILES string of the molecule is CC(C)(C)OC(=O)NC(C(=O)O)C12CC(c3cccc(Cl)c3Cl)(C1)C2. The third kappa shape index (κ3) is 3.08. The number of rotatable bonds is 4. The van der Waals surface area contributed by atoms with Crippen LogP contribution in [0.2, 0.25) is 10.0 Å². The van der Waals surface area contributed by atoms with E-state index in [2.05, 4.69) is 5.32 Å². The molecule has 7 heteroatoms. The Bertz CT molecular complexity index is 721. The van der Waals surface area contributed by atoms with E-state index in [-0.39, 0.29) is 5.41 Å². The summed E-state index contributed by atoms with van der Waals surface area (Å²) in [6.45, 7) is 5.21. The largest absolute Gasteiger partial charge is 0.480 e. The van der Waals surface area contributed by atoms with Gasteiger partial charge in [-0.15, -0.1) is 0 Å². The Kier molecular flexibility index (Phi) is 4.24. The number of nitrogens with one attached hydrogen (secondary N) is 1. The van der Waals surface area contributed by atoms with E-state index >= 15 is 0 Å². The maximum Gasteiger partial charge on any atom is 0.408 e. The van der Waals surface area contributed by atoms with Crippen molar-refractivity contribution in [1.82, 2.24) is 5.32 Å². The monoisotopic (exact) mass is 385 g/mol. The lowest BCUT2D eigenvalue weighted by atomic mass is 9.31. The van der Waals surface area contributed by atoms with Crippen molar-refractivity contribution in [2.24, 2.45) is 5.41 Å². The van der Waals surface area contributed by atoms with Crippen LogP contribution in [0.15, 0.2) is 18.2 Å². The topological polar surface area (TPSA) is 75.6 Å². The van der Waals surface area contributed by atoms with Gasteiger partial charge in [0.15, 0.2) is 0 Å². The smallest absolute Gasteiger partial charge is 0.408 e. The van der Waals surface area contributed by atoms with Crippen molar-refractivity contribution in [1.29, 1.82) is 0 Å². The van der Waals surface area contributed by atoms with Crippen LogP contribution >= 0.6 is 23.2 Å². The fraction of sp³-hybridized carbons (Fsp3) is 0.556. The third-order valence-corrected chi connectivity index (χ3v) is 5.93. The molecule has 2 bridgehead atoms. The second-order valence-corrected chi connectivity index (χ2v) is 8.98. The molecule has 3 aliphatic carbocycles. The molecule has 3 saturated carbocycles. The first-order chi connectivity index (χ1) is 11.5. The zero-order valence-electron chi connectivity index (χ0n) is 14.4. The molecule has 5 nitrogen and oxygen atoms in total. The second-order valence-electron chi connectivity index (χ2n) is 8.19. The van der Waals surface area contributed by atoms with Gasteiger partial charge in [0.05, 0.1) is 10.0 Å². The van der Waals surface area contributed by atoms with Gasteiger partial charge < -0.3 is 15.2 Å². The van der Waals surface area contributed by atoms with Crippen molar-refractivity contribution < 1.29 is 19.4 Å². The number of carbonyl (C=O) groups is 2. The highest BCUT2D eigenvalue weighted by molar-refractivity contribution is 6.42. The summed E-state index contributed by atoms with van der Waals surface area (Å²) >= 11 is 12.4. The summed E-state index contributed by atoms with van der Waals surface area (Å²) in [6.07, 6.45) is 1.27. The van der Waals surface area contributed by atoms with Crippen LogP contribution in [0.4, 0.5) is 4.79 Å². The predicted molar refractivity (Wildman–Crippen MR) is 95.2 cm³/mol. The van der Waals surface area contributed by atoms with Crippen molar-refractivity contribution in [3.8, 4) is 0 Å². The van der Waals surface area contributed by atoms with Gasteiger partial charge in [-0.1, -0.05) is 35.3 Å². The lowest BCUT2D eigenvalue weighted by Gasteiger charge is -2.72. The Labute approximate surface area is 156 Å². The molecule has 0 radical (unpaired) electrons. The molecule has 0 heterocycles. The number of hydrogen-bond donors (Lipinski definition) is 2. The zero-order chi connectivity index (χ0) is 18.6. The summed E-state index contributed by atoms with van der Waals surface area (Å²) < 4.78 is 5.19. The fourth-order valence-corrected chi connectivity index (χ4v) is 4.77. The summed E-state index contributed by atoms with van der Waals surface area (Å²) in [6, 6.07) is 4.55. The Morgan fingerprint density at radius 3 is 2.36 bits per heavy atom. The van der Waals surface area contributed by atoms with Crippen molar-refractivity contribution in [3.63, 3.8) is 0 Å². The van der Waals surface area contributed by atoms with Crippen molar-refractivity contribution in [3.05, 3.63) is 33.8 Å². The van der Waals surface area contributed by atoms with Crippen LogP contribution in [0.5, 0.6) is 0 Å². The van der Waals surface area contributed by atoms with Gasteiger partial charge in [-0.2, -0.15) is 0 Å². The van der Waals surface area contributed by atoms with E-state index < -0.39 is 29.1 Å². The highest BCUT2D eigenvalue weighted by Crippen LogP contribution is 2.75. The minimum atomic E-state index is -1.05. The molecule has 1 atom stereocenters. The summed E-state index contributed by atoms with van der Waals surface area (Å²) in [5, 5.41) is 13.1. The molecule has 1 aromatic carbocycles. The fourth-order valence-electron chi connectivity index (χ4n) is 4.27. The molecule has 3 aliphatic rings. The number of amides is 1. The summed E-state index contributed by atoms with van der Waals surface area (Å²) in [5.74, 6) is -1.05. The lowest BCUT2D eigenvalue weighted by molar-refractivity contribution is -0.183. The normalized spacial score (nSPS) is 28.4. The number of ether oxygens (including phenoxy) is 1. The first-order valence-corrected chi connectivity index (χ1v) is 8.91. The van der Waals surface area contributed by atoms with E-state index in [4.69, 9.17) is 27.9 Å². The van der Waals surface area contributed by atoms with Gasteiger partial charge in [0.2, 0.25) is 0 Å². The molecule has 0 saturated heterocycles. The lowest BCUT2D eigenvalue weighted by Crippen LogP contribution is -2.73. The van der Waals surface area contributed by atoms with Crippen LogP contribution in [0.3, 0.4) is 0 Å². The van der Waals surface area contributed by atoms with Crippen molar-refractivity contribution in [2.45, 2.75) is 57.1 Å². The number of aliphatic carboxylic acids is 1.